The molecule has 2 aromatic carbocycles. The van der Waals surface area contributed by atoms with Gasteiger partial charge in [-0.25, -0.2) is 9.97 Å². The summed E-state index contributed by atoms with van der Waals surface area (Å²) >= 11 is 0. The third-order valence-electron chi connectivity index (χ3n) is 4.67. The van der Waals surface area contributed by atoms with Crippen LogP contribution in [-0.4, -0.2) is 29.0 Å². The van der Waals surface area contributed by atoms with Gasteiger partial charge in [-0.1, -0.05) is 18.2 Å². The van der Waals surface area contributed by atoms with Gasteiger partial charge in [0, 0.05) is 17.4 Å². The van der Waals surface area contributed by atoms with Crippen molar-refractivity contribution in [2.45, 2.75) is 19.4 Å². The van der Waals surface area contributed by atoms with Crippen LogP contribution < -0.4 is 15.0 Å². The van der Waals surface area contributed by atoms with Crippen molar-refractivity contribution in [3.8, 4) is 5.75 Å². The number of amides is 1. The Bertz CT molecular complexity index is 955. The third-order valence-corrected chi connectivity index (χ3v) is 4.67. The molecule has 1 unspecified atom stereocenters. The molecule has 1 aliphatic rings. The number of hydrogen-bond donors (Lipinski definition) is 1. The number of anilines is 3. The maximum Gasteiger partial charge on any atom is 0.275 e. The zero-order valence-electron chi connectivity index (χ0n) is 15.2. The summed E-state index contributed by atoms with van der Waals surface area (Å²) in [6.07, 6.45) is 4.14. The van der Waals surface area contributed by atoms with Crippen molar-refractivity contribution in [1.82, 2.24) is 9.97 Å². The fraction of sp³-hybridized carbons (Fsp3) is 0.190. The molecule has 2 heterocycles. The zero-order chi connectivity index (χ0) is 18.8. The molecule has 0 bridgehead atoms. The van der Waals surface area contributed by atoms with E-state index in [-0.39, 0.29) is 11.6 Å². The van der Waals surface area contributed by atoms with E-state index in [0.29, 0.717) is 11.7 Å². The van der Waals surface area contributed by atoms with Crippen molar-refractivity contribution >= 4 is 23.1 Å². The van der Waals surface area contributed by atoms with Crippen LogP contribution in [0.3, 0.4) is 0 Å². The lowest BCUT2D eigenvalue weighted by molar-refractivity contribution is 0.102. The molecule has 1 aliphatic heterocycles. The summed E-state index contributed by atoms with van der Waals surface area (Å²) in [5, 5.41) is 2.81. The van der Waals surface area contributed by atoms with Crippen molar-refractivity contribution in [2.24, 2.45) is 0 Å². The number of nitrogens with one attached hydrogen (secondary N) is 1. The Morgan fingerprint density at radius 3 is 2.59 bits per heavy atom. The number of rotatable bonds is 4. The maximum absolute atomic E-state index is 12.4. The number of ether oxygens (including phenoxy) is 1. The quantitative estimate of drug-likeness (QED) is 0.766. The smallest absolute Gasteiger partial charge is 0.275 e. The second-order valence-electron chi connectivity index (χ2n) is 6.49. The van der Waals surface area contributed by atoms with Crippen LogP contribution in [0, 0.1) is 0 Å². The van der Waals surface area contributed by atoms with E-state index in [1.54, 1.807) is 37.6 Å². The lowest BCUT2D eigenvalue weighted by Gasteiger charge is -2.23. The highest BCUT2D eigenvalue weighted by Gasteiger charge is 2.27. The predicted molar refractivity (Wildman–Crippen MR) is 105 cm³/mol. The van der Waals surface area contributed by atoms with E-state index in [9.17, 15) is 4.79 Å². The fourth-order valence-electron chi connectivity index (χ4n) is 3.35. The van der Waals surface area contributed by atoms with Gasteiger partial charge in [0.2, 0.25) is 0 Å². The number of carbonyl (C=O) groups excluding carboxylic acids is 1. The van der Waals surface area contributed by atoms with Crippen molar-refractivity contribution < 1.29 is 9.53 Å². The highest BCUT2D eigenvalue weighted by atomic mass is 16.5. The average Bonchev–Trinajstić information content (AvgIpc) is 3.04. The van der Waals surface area contributed by atoms with Crippen LogP contribution in [0.2, 0.25) is 0 Å². The van der Waals surface area contributed by atoms with Gasteiger partial charge in [-0.15, -0.1) is 0 Å². The number of methoxy groups -OCH3 is 1. The summed E-state index contributed by atoms with van der Waals surface area (Å²) in [6.45, 7) is 2.16. The average molecular weight is 360 g/mol. The van der Waals surface area contributed by atoms with Gasteiger partial charge in [0.1, 0.15) is 11.4 Å². The summed E-state index contributed by atoms with van der Waals surface area (Å²) in [5.74, 6) is 1.18. The van der Waals surface area contributed by atoms with E-state index in [2.05, 4.69) is 39.2 Å². The summed E-state index contributed by atoms with van der Waals surface area (Å²) in [5.41, 5.74) is 3.39. The largest absolute Gasteiger partial charge is 0.497 e. The van der Waals surface area contributed by atoms with E-state index in [4.69, 9.17) is 4.74 Å². The minimum Gasteiger partial charge on any atom is -0.497 e. The van der Waals surface area contributed by atoms with E-state index in [0.717, 1.165) is 23.7 Å². The number of aromatic nitrogens is 2. The zero-order valence-corrected chi connectivity index (χ0v) is 15.2. The second kappa shape index (κ2) is 7.07. The molecule has 0 spiro atoms. The van der Waals surface area contributed by atoms with Gasteiger partial charge >= 0.3 is 0 Å². The lowest BCUT2D eigenvalue weighted by atomic mass is 10.1. The molecule has 0 aliphatic carbocycles. The van der Waals surface area contributed by atoms with Crippen LogP contribution in [0.1, 0.15) is 23.0 Å². The molecule has 1 aromatic heterocycles. The van der Waals surface area contributed by atoms with Gasteiger partial charge in [-0.3, -0.25) is 4.79 Å². The molecule has 3 aromatic rings. The molecule has 6 heteroatoms. The van der Waals surface area contributed by atoms with E-state index in [1.165, 1.54) is 11.8 Å². The Kier molecular flexibility index (Phi) is 4.46. The molecule has 1 N–H and O–H groups in total. The first-order valence-electron chi connectivity index (χ1n) is 8.80. The van der Waals surface area contributed by atoms with Gasteiger partial charge < -0.3 is 15.0 Å². The second-order valence-corrected chi connectivity index (χ2v) is 6.49. The highest BCUT2D eigenvalue weighted by Crippen LogP contribution is 2.36. The first-order chi connectivity index (χ1) is 13.2. The molecule has 1 atom stereocenters. The number of nitrogens with zero attached hydrogens (tertiary/aromatic N) is 3. The Hall–Kier alpha value is -3.41. The van der Waals surface area contributed by atoms with Crippen LogP contribution in [0.25, 0.3) is 0 Å². The first kappa shape index (κ1) is 17.0. The Morgan fingerprint density at radius 2 is 1.89 bits per heavy atom. The van der Waals surface area contributed by atoms with Gasteiger partial charge in [-0.05, 0) is 49.2 Å². The van der Waals surface area contributed by atoms with Gasteiger partial charge in [0.15, 0.2) is 5.82 Å². The Morgan fingerprint density at radius 1 is 1.11 bits per heavy atom. The van der Waals surface area contributed by atoms with Crippen molar-refractivity contribution in [3.63, 3.8) is 0 Å². The summed E-state index contributed by atoms with van der Waals surface area (Å²) in [6, 6.07) is 15.7. The molecule has 0 fully saturated rings. The standard InChI is InChI=1S/C21H20N4O2/c1-14-11-15-5-3-4-6-19(15)25(14)20-13-22-18(12-23-20)21(26)24-16-7-9-17(27-2)10-8-16/h3-10,12-14H,11H2,1-2H3,(H,24,26). The van der Waals surface area contributed by atoms with Gasteiger partial charge in [0.25, 0.3) is 5.91 Å². The van der Waals surface area contributed by atoms with Crippen LogP contribution in [-0.2, 0) is 6.42 Å². The topological polar surface area (TPSA) is 67.3 Å². The minimum absolute atomic E-state index is 0.273. The number of hydrogen-bond acceptors (Lipinski definition) is 5. The number of fused-ring (bicyclic) bond motifs is 1. The van der Waals surface area contributed by atoms with Crippen molar-refractivity contribution in [1.29, 1.82) is 0 Å². The van der Waals surface area contributed by atoms with Crippen LogP contribution in [0.15, 0.2) is 60.9 Å². The molecule has 0 radical (unpaired) electrons. The number of benzene rings is 2. The minimum atomic E-state index is -0.297. The van der Waals surface area contributed by atoms with E-state index < -0.39 is 0 Å². The molecular formula is C21H20N4O2. The number of para-hydroxylation sites is 1. The Labute approximate surface area is 157 Å². The monoisotopic (exact) mass is 360 g/mol. The molecule has 6 nitrogen and oxygen atoms in total. The van der Waals surface area contributed by atoms with Crippen LogP contribution in [0.4, 0.5) is 17.2 Å². The first-order valence-corrected chi connectivity index (χ1v) is 8.80. The highest BCUT2D eigenvalue weighted by molar-refractivity contribution is 6.02. The predicted octanol–water partition coefficient (Wildman–Crippen LogP) is 3.82. The molecular weight excluding hydrogens is 340 g/mol. The molecule has 27 heavy (non-hydrogen) atoms. The normalized spacial score (nSPS) is 15.3. The van der Waals surface area contributed by atoms with E-state index >= 15 is 0 Å². The van der Waals surface area contributed by atoms with Crippen molar-refractivity contribution in [2.75, 3.05) is 17.3 Å². The van der Waals surface area contributed by atoms with Crippen LogP contribution >= 0.6 is 0 Å². The molecule has 136 valence electrons. The number of carbonyl (C=O) groups is 1. The van der Waals surface area contributed by atoms with Crippen LogP contribution in [0.5, 0.6) is 5.75 Å². The van der Waals surface area contributed by atoms with Crippen molar-refractivity contribution in [3.05, 3.63) is 72.2 Å². The SMILES string of the molecule is COc1ccc(NC(=O)c2cnc(N3c4ccccc4CC3C)cn2)cc1. The fourth-order valence-corrected chi connectivity index (χ4v) is 3.35. The third kappa shape index (κ3) is 3.33. The summed E-state index contributed by atoms with van der Waals surface area (Å²) < 4.78 is 5.11. The van der Waals surface area contributed by atoms with Gasteiger partial charge in [0.05, 0.1) is 19.5 Å². The summed E-state index contributed by atoms with van der Waals surface area (Å²) in [4.78, 5) is 23.4. The molecule has 1 amide bonds. The van der Waals surface area contributed by atoms with E-state index in [1.807, 2.05) is 12.1 Å². The Balaban J connectivity index is 1.51. The molecule has 0 saturated carbocycles. The molecule has 0 saturated heterocycles. The summed E-state index contributed by atoms with van der Waals surface area (Å²) in [7, 11) is 1.60. The molecule has 4 rings (SSSR count). The maximum atomic E-state index is 12.4. The lowest BCUT2D eigenvalue weighted by Crippen LogP contribution is -2.25. The van der Waals surface area contributed by atoms with Gasteiger partial charge in [-0.2, -0.15) is 0 Å².